The largest absolute Gasteiger partial charge is 0.463 e. The van der Waals surface area contributed by atoms with Gasteiger partial charge in [0.05, 0.1) is 16.7 Å². The Balaban J connectivity index is 1.97. The summed E-state index contributed by atoms with van der Waals surface area (Å²) >= 11 is 1.66. The highest BCUT2D eigenvalue weighted by molar-refractivity contribution is 7.19. The van der Waals surface area contributed by atoms with Gasteiger partial charge in [0, 0.05) is 22.1 Å². The Hall–Kier alpha value is -2.66. The highest BCUT2D eigenvalue weighted by Crippen LogP contribution is 2.39. The second kappa shape index (κ2) is 8.15. The summed E-state index contributed by atoms with van der Waals surface area (Å²) < 4.78 is 11.7. The van der Waals surface area contributed by atoms with Crippen molar-refractivity contribution in [3.8, 4) is 11.3 Å². The van der Waals surface area contributed by atoms with Gasteiger partial charge in [0.25, 0.3) is 0 Å². The SMILES string of the molecule is CCOC(=O)/C=C/c1c(-c2ccccc2)oc(=O)c2c3c(sc12)CCCCC3. The van der Waals surface area contributed by atoms with Gasteiger partial charge in [0.15, 0.2) is 0 Å². The van der Waals surface area contributed by atoms with Crippen molar-refractivity contribution in [2.24, 2.45) is 0 Å². The van der Waals surface area contributed by atoms with E-state index in [-0.39, 0.29) is 5.63 Å². The van der Waals surface area contributed by atoms with E-state index in [0.717, 1.165) is 47.1 Å². The van der Waals surface area contributed by atoms with Crippen LogP contribution < -0.4 is 5.63 Å². The number of thiophene rings is 1. The van der Waals surface area contributed by atoms with Crippen LogP contribution in [0.4, 0.5) is 0 Å². The fourth-order valence-corrected chi connectivity index (χ4v) is 5.15. The Morgan fingerprint density at radius 3 is 2.75 bits per heavy atom. The Kier molecular flexibility index (Phi) is 5.44. The quantitative estimate of drug-likeness (QED) is 0.339. The van der Waals surface area contributed by atoms with Crippen LogP contribution in [0, 0.1) is 0 Å². The van der Waals surface area contributed by atoms with E-state index in [1.165, 1.54) is 17.4 Å². The van der Waals surface area contributed by atoms with E-state index >= 15 is 0 Å². The van der Waals surface area contributed by atoms with Crippen molar-refractivity contribution >= 4 is 33.5 Å². The minimum atomic E-state index is -0.404. The lowest BCUT2D eigenvalue weighted by Gasteiger charge is -2.07. The van der Waals surface area contributed by atoms with Crippen molar-refractivity contribution in [1.82, 2.24) is 0 Å². The second-order valence-corrected chi connectivity index (χ2v) is 7.96. The first kappa shape index (κ1) is 18.7. The molecule has 2 aromatic heterocycles. The fourth-order valence-electron chi connectivity index (χ4n) is 3.75. The van der Waals surface area contributed by atoms with Gasteiger partial charge in [0.1, 0.15) is 5.76 Å². The predicted molar refractivity (Wildman–Crippen MR) is 113 cm³/mol. The van der Waals surface area contributed by atoms with Gasteiger partial charge in [0.2, 0.25) is 0 Å². The van der Waals surface area contributed by atoms with Gasteiger partial charge >= 0.3 is 11.6 Å². The van der Waals surface area contributed by atoms with Gasteiger partial charge in [-0.3, -0.25) is 0 Å². The number of carbonyl (C=O) groups is 1. The molecule has 1 aromatic carbocycles. The molecular weight excluding hydrogens is 372 g/mol. The number of hydrogen-bond donors (Lipinski definition) is 0. The van der Waals surface area contributed by atoms with Crippen LogP contribution in [0.2, 0.25) is 0 Å². The molecule has 28 heavy (non-hydrogen) atoms. The lowest BCUT2D eigenvalue weighted by atomic mass is 10.0. The number of rotatable bonds is 4. The molecule has 0 unspecified atom stereocenters. The molecule has 0 fully saturated rings. The molecule has 1 aliphatic rings. The molecule has 2 heterocycles. The number of hydrogen-bond acceptors (Lipinski definition) is 5. The van der Waals surface area contributed by atoms with Crippen LogP contribution in [0.1, 0.15) is 42.2 Å². The van der Waals surface area contributed by atoms with Crippen LogP contribution in [0.15, 0.2) is 45.6 Å². The van der Waals surface area contributed by atoms with E-state index in [1.54, 1.807) is 24.3 Å². The molecule has 0 radical (unpaired) electrons. The van der Waals surface area contributed by atoms with E-state index in [9.17, 15) is 9.59 Å². The summed E-state index contributed by atoms with van der Waals surface area (Å²) in [5.41, 5.74) is 2.43. The summed E-state index contributed by atoms with van der Waals surface area (Å²) in [7, 11) is 0. The Morgan fingerprint density at radius 1 is 1.18 bits per heavy atom. The van der Waals surface area contributed by atoms with E-state index in [2.05, 4.69) is 0 Å². The standard InChI is InChI=1S/C23H22O4S/c1-2-26-19(24)14-13-17-21(15-9-5-3-6-10-15)27-23(25)20-16-11-7-4-8-12-18(16)28-22(17)20/h3,5-6,9-10,13-14H,2,4,7-8,11-12H2,1H3/b14-13+. The summed E-state index contributed by atoms with van der Waals surface area (Å²) in [5.74, 6) is 0.0917. The number of fused-ring (bicyclic) bond motifs is 3. The van der Waals surface area contributed by atoms with Gasteiger partial charge in [-0.05, 0) is 44.2 Å². The number of carbonyl (C=O) groups excluding carboxylic acids is 1. The van der Waals surface area contributed by atoms with Crippen LogP contribution >= 0.6 is 11.3 Å². The average molecular weight is 394 g/mol. The third-order valence-corrected chi connectivity index (χ3v) is 6.34. The molecule has 0 N–H and O–H groups in total. The minimum Gasteiger partial charge on any atom is -0.463 e. The van der Waals surface area contributed by atoms with Crippen molar-refractivity contribution in [3.63, 3.8) is 0 Å². The number of benzene rings is 1. The van der Waals surface area contributed by atoms with Crippen molar-refractivity contribution in [2.45, 2.75) is 39.0 Å². The first-order valence-electron chi connectivity index (χ1n) is 9.70. The van der Waals surface area contributed by atoms with Gasteiger partial charge in [-0.1, -0.05) is 36.8 Å². The zero-order valence-electron chi connectivity index (χ0n) is 15.8. The van der Waals surface area contributed by atoms with Crippen LogP contribution in [-0.4, -0.2) is 12.6 Å². The minimum absolute atomic E-state index is 0.290. The van der Waals surface area contributed by atoms with Crippen LogP contribution in [-0.2, 0) is 22.4 Å². The molecule has 1 aliphatic carbocycles. The molecule has 5 heteroatoms. The molecule has 4 rings (SSSR count). The molecule has 0 aliphatic heterocycles. The zero-order valence-corrected chi connectivity index (χ0v) is 16.6. The lowest BCUT2D eigenvalue weighted by Crippen LogP contribution is -2.04. The van der Waals surface area contributed by atoms with Crippen molar-refractivity contribution < 1.29 is 13.9 Å². The maximum atomic E-state index is 12.9. The zero-order chi connectivity index (χ0) is 19.5. The Bertz CT molecular complexity index is 1090. The topological polar surface area (TPSA) is 56.5 Å². The molecule has 0 amide bonds. The highest BCUT2D eigenvalue weighted by Gasteiger charge is 2.23. The molecule has 0 bridgehead atoms. The molecule has 3 aromatic rings. The van der Waals surface area contributed by atoms with Crippen LogP contribution in [0.5, 0.6) is 0 Å². The van der Waals surface area contributed by atoms with E-state index in [1.807, 2.05) is 30.3 Å². The number of esters is 1. The normalized spacial score (nSPS) is 14.2. The second-order valence-electron chi connectivity index (χ2n) is 6.85. The van der Waals surface area contributed by atoms with Crippen molar-refractivity contribution in [1.29, 1.82) is 0 Å². The van der Waals surface area contributed by atoms with Crippen LogP contribution in [0.25, 0.3) is 27.5 Å². The first-order chi connectivity index (χ1) is 13.7. The third-order valence-electron chi connectivity index (χ3n) is 5.02. The molecule has 0 saturated carbocycles. The lowest BCUT2D eigenvalue weighted by molar-refractivity contribution is -0.137. The molecule has 4 nitrogen and oxygen atoms in total. The van der Waals surface area contributed by atoms with Gasteiger partial charge < -0.3 is 9.15 Å². The molecule has 0 saturated heterocycles. The van der Waals surface area contributed by atoms with E-state index in [0.29, 0.717) is 17.8 Å². The summed E-state index contributed by atoms with van der Waals surface area (Å²) in [6, 6.07) is 9.54. The Labute approximate surface area is 167 Å². The van der Waals surface area contributed by atoms with Crippen molar-refractivity contribution in [3.05, 3.63) is 62.8 Å². The van der Waals surface area contributed by atoms with Crippen molar-refractivity contribution in [2.75, 3.05) is 6.61 Å². The predicted octanol–water partition coefficient (Wildman–Crippen LogP) is 5.37. The molecule has 0 atom stereocenters. The smallest absolute Gasteiger partial charge is 0.345 e. The summed E-state index contributed by atoms with van der Waals surface area (Å²) in [6.45, 7) is 2.10. The van der Waals surface area contributed by atoms with E-state index in [4.69, 9.17) is 9.15 Å². The maximum absolute atomic E-state index is 12.9. The van der Waals surface area contributed by atoms with E-state index < -0.39 is 5.97 Å². The molecule has 0 spiro atoms. The number of ether oxygens (including phenoxy) is 1. The summed E-state index contributed by atoms with van der Waals surface area (Å²) in [4.78, 5) is 26.1. The maximum Gasteiger partial charge on any atom is 0.345 e. The fraction of sp³-hybridized carbons (Fsp3) is 0.304. The van der Waals surface area contributed by atoms with Gasteiger partial charge in [-0.2, -0.15) is 0 Å². The molecule has 144 valence electrons. The molecular formula is C23H22O4S. The van der Waals surface area contributed by atoms with Gasteiger partial charge in [-0.25, -0.2) is 9.59 Å². The Morgan fingerprint density at radius 2 is 1.96 bits per heavy atom. The number of aryl methyl sites for hydroxylation is 2. The summed E-state index contributed by atoms with van der Waals surface area (Å²) in [5, 5.41) is 0.685. The summed E-state index contributed by atoms with van der Waals surface area (Å²) in [6.07, 6.45) is 8.46. The third kappa shape index (κ3) is 3.54. The monoisotopic (exact) mass is 394 g/mol. The first-order valence-corrected chi connectivity index (χ1v) is 10.5. The average Bonchev–Trinajstić information content (AvgIpc) is 2.91. The van der Waals surface area contributed by atoms with Crippen LogP contribution in [0.3, 0.4) is 0 Å². The highest BCUT2D eigenvalue weighted by atomic mass is 32.1. The van der Waals surface area contributed by atoms with Gasteiger partial charge in [-0.15, -0.1) is 11.3 Å².